The minimum Gasteiger partial charge on any atom is -0.465 e. The van der Waals surface area contributed by atoms with Crippen molar-refractivity contribution in [2.45, 2.75) is 32.0 Å². The van der Waals surface area contributed by atoms with Crippen molar-refractivity contribution in [3.8, 4) is 23.0 Å². The van der Waals surface area contributed by atoms with Crippen LogP contribution in [0.15, 0.2) is 116 Å². The predicted molar refractivity (Wildman–Crippen MR) is 221 cm³/mol. The molecule has 0 bridgehead atoms. The molecule has 5 aromatic carbocycles. The van der Waals surface area contributed by atoms with E-state index in [2.05, 4.69) is 13.2 Å². The Labute approximate surface area is 355 Å². The third-order valence-corrected chi connectivity index (χ3v) is 8.72. The largest absolute Gasteiger partial charge is 0.513 e. The van der Waals surface area contributed by atoms with Crippen molar-refractivity contribution in [2.24, 2.45) is 0 Å². The molecule has 1 N–H and O–H groups in total. The van der Waals surface area contributed by atoms with E-state index in [1.165, 1.54) is 30.3 Å². The molecule has 62 heavy (non-hydrogen) atoms. The first-order valence-electron chi connectivity index (χ1n) is 19.1. The van der Waals surface area contributed by atoms with Gasteiger partial charge >= 0.3 is 36.2 Å². The van der Waals surface area contributed by atoms with Crippen LogP contribution in [0.2, 0.25) is 0 Å². The van der Waals surface area contributed by atoms with Gasteiger partial charge in [0.1, 0.15) is 28.6 Å². The predicted octanol–water partition coefficient (Wildman–Crippen LogP) is 8.12. The van der Waals surface area contributed by atoms with Crippen molar-refractivity contribution in [3.63, 3.8) is 0 Å². The maximum atomic E-state index is 13.2. The zero-order chi connectivity index (χ0) is 44.4. The Morgan fingerprint density at radius 2 is 1.02 bits per heavy atom. The average Bonchev–Trinajstić information content (AvgIpc) is 3.28. The molecule has 5 aromatic rings. The van der Waals surface area contributed by atoms with E-state index < -0.39 is 42.5 Å². The molecule has 1 unspecified atom stereocenters. The van der Waals surface area contributed by atoms with Crippen LogP contribution < -0.4 is 18.9 Å². The number of ether oxygens (including phenoxy) is 9. The number of unbranched alkanes of at least 4 members (excludes halogenated alkanes) is 2. The first-order valence-corrected chi connectivity index (χ1v) is 19.1. The van der Waals surface area contributed by atoms with Gasteiger partial charge in [0.2, 0.25) is 6.29 Å². The number of aliphatic hydroxyl groups excluding tert-OH is 1. The lowest BCUT2D eigenvalue weighted by Gasteiger charge is -2.17. The van der Waals surface area contributed by atoms with Crippen molar-refractivity contribution in [3.05, 3.63) is 133 Å². The summed E-state index contributed by atoms with van der Waals surface area (Å²) in [6, 6.07) is 23.3. The summed E-state index contributed by atoms with van der Waals surface area (Å²) in [6.07, 6.45) is 0.697. The van der Waals surface area contributed by atoms with Crippen molar-refractivity contribution in [2.75, 3.05) is 33.5 Å². The summed E-state index contributed by atoms with van der Waals surface area (Å²) >= 11 is 0. The molecule has 1 atom stereocenters. The summed E-state index contributed by atoms with van der Waals surface area (Å²) in [5.41, 5.74) is 0.399. The number of methoxy groups -OCH3 is 1. The average molecular weight is 851 g/mol. The fourth-order valence-corrected chi connectivity index (χ4v) is 5.61. The Morgan fingerprint density at radius 1 is 0.548 bits per heavy atom. The third kappa shape index (κ3) is 13.4. The van der Waals surface area contributed by atoms with Crippen LogP contribution in [0.3, 0.4) is 0 Å². The summed E-state index contributed by atoms with van der Waals surface area (Å²) in [7, 11) is 1.16. The summed E-state index contributed by atoms with van der Waals surface area (Å²) in [5, 5.41) is 13.7. The van der Waals surface area contributed by atoms with E-state index in [1.807, 2.05) is 0 Å². The Kier molecular flexibility index (Phi) is 16.5. The maximum Gasteiger partial charge on any atom is 0.513 e. The summed E-state index contributed by atoms with van der Waals surface area (Å²) in [5.74, 6) is -2.21. The summed E-state index contributed by atoms with van der Waals surface area (Å²) in [6.45, 7) is 7.12. The van der Waals surface area contributed by atoms with Gasteiger partial charge in [-0.1, -0.05) is 43.5 Å². The molecule has 0 saturated heterocycles. The molecule has 16 nitrogen and oxygen atoms in total. The van der Waals surface area contributed by atoms with Crippen LogP contribution in [0, 0.1) is 0 Å². The SMILES string of the molecule is C=CC(=O)OCCCCOC(=O)Oc1ccc2cc(C(=O)Oc3ccc(OC(O)c4ccc5cc(OC(=O)OCCCCOC(=O)C=C)ccc5c4)c(C(=O)OC)c3)ccc2c1. The fourth-order valence-electron chi connectivity index (χ4n) is 5.61. The quantitative estimate of drug-likeness (QED) is 0.0149. The van der Waals surface area contributed by atoms with Gasteiger partial charge in [-0.3, -0.25) is 0 Å². The van der Waals surface area contributed by atoms with Gasteiger partial charge in [0.15, 0.2) is 0 Å². The van der Waals surface area contributed by atoms with E-state index in [0.29, 0.717) is 52.8 Å². The highest BCUT2D eigenvalue weighted by Crippen LogP contribution is 2.31. The Hall–Kier alpha value is -7.72. The first kappa shape index (κ1) is 45.4. The molecule has 0 spiro atoms. The maximum absolute atomic E-state index is 13.2. The second-order valence-electron chi connectivity index (χ2n) is 13.1. The lowest BCUT2D eigenvalue weighted by molar-refractivity contribution is -0.138. The smallest absolute Gasteiger partial charge is 0.465 e. The Morgan fingerprint density at radius 3 is 1.56 bits per heavy atom. The van der Waals surface area contributed by atoms with E-state index in [9.17, 15) is 33.9 Å². The molecule has 0 amide bonds. The normalized spacial score (nSPS) is 11.1. The van der Waals surface area contributed by atoms with Crippen molar-refractivity contribution in [1.82, 2.24) is 0 Å². The van der Waals surface area contributed by atoms with Gasteiger partial charge in [0, 0.05) is 17.7 Å². The van der Waals surface area contributed by atoms with Gasteiger partial charge in [-0.15, -0.1) is 0 Å². The van der Waals surface area contributed by atoms with Crippen LogP contribution >= 0.6 is 0 Å². The molecule has 0 aliphatic carbocycles. The van der Waals surface area contributed by atoms with Crippen molar-refractivity contribution < 1.29 is 76.5 Å². The molecule has 16 heteroatoms. The van der Waals surface area contributed by atoms with Crippen LogP contribution in [-0.4, -0.2) is 74.8 Å². The molecular formula is C46H42O16. The number of carbonyl (C=O) groups excluding carboxylic acids is 6. The number of aliphatic hydroxyl groups is 1. The summed E-state index contributed by atoms with van der Waals surface area (Å²) in [4.78, 5) is 72.4. The Bertz CT molecular complexity index is 2460. The lowest BCUT2D eigenvalue weighted by atomic mass is 10.1. The molecule has 5 rings (SSSR count). The zero-order valence-corrected chi connectivity index (χ0v) is 33.5. The molecule has 0 saturated carbocycles. The van der Waals surface area contributed by atoms with Gasteiger partial charge in [-0.25, -0.2) is 28.8 Å². The lowest BCUT2D eigenvalue weighted by Crippen LogP contribution is -2.13. The van der Waals surface area contributed by atoms with Gasteiger partial charge in [0.25, 0.3) is 0 Å². The number of hydrogen-bond acceptors (Lipinski definition) is 16. The van der Waals surface area contributed by atoms with E-state index in [1.54, 1.807) is 60.7 Å². The van der Waals surface area contributed by atoms with Crippen molar-refractivity contribution >= 4 is 57.7 Å². The molecule has 0 aliphatic heterocycles. The number of fused-ring (bicyclic) bond motifs is 2. The second kappa shape index (κ2) is 22.6. The number of benzene rings is 5. The van der Waals surface area contributed by atoms with E-state index >= 15 is 0 Å². The van der Waals surface area contributed by atoms with Crippen LogP contribution in [0.25, 0.3) is 21.5 Å². The monoisotopic (exact) mass is 850 g/mol. The third-order valence-electron chi connectivity index (χ3n) is 8.72. The molecule has 0 heterocycles. The highest BCUT2D eigenvalue weighted by molar-refractivity contribution is 5.98. The van der Waals surface area contributed by atoms with Crippen LogP contribution in [0.5, 0.6) is 23.0 Å². The van der Waals surface area contributed by atoms with E-state index in [0.717, 1.165) is 19.3 Å². The van der Waals surface area contributed by atoms with Gasteiger partial charge in [-0.2, -0.15) is 0 Å². The van der Waals surface area contributed by atoms with Crippen molar-refractivity contribution in [1.29, 1.82) is 0 Å². The molecule has 0 fully saturated rings. The summed E-state index contributed by atoms with van der Waals surface area (Å²) < 4.78 is 46.6. The first-order chi connectivity index (χ1) is 30.0. The minimum atomic E-state index is -1.54. The van der Waals surface area contributed by atoms with Crippen LogP contribution in [0.4, 0.5) is 9.59 Å². The second-order valence-corrected chi connectivity index (χ2v) is 13.1. The highest BCUT2D eigenvalue weighted by atomic mass is 16.7. The molecular weight excluding hydrogens is 808 g/mol. The number of hydrogen-bond donors (Lipinski definition) is 1. The highest BCUT2D eigenvalue weighted by Gasteiger charge is 2.21. The molecule has 0 aromatic heterocycles. The number of rotatable bonds is 20. The Balaban J connectivity index is 1.15. The van der Waals surface area contributed by atoms with Gasteiger partial charge in [-0.05, 0) is 108 Å². The zero-order valence-electron chi connectivity index (χ0n) is 33.5. The van der Waals surface area contributed by atoms with Crippen LogP contribution in [-0.2, 0) is 33.3 Å². The van der Waals surface area contributed by atoms with Crippen LogP contribution in [0.1, 0.15) is 58.3 Å². The van der Waals surface area contributed by atoms with E-state index in [4.69, 9.17) is 42.6 Å². The number of carbonyl (C=O) groups is 6. The van der Waals surface area contributed by atoms with E-state index in [-0.39, 0.29) is 60.6 Å². The minimum absolute atomic E-state index is 0.00321. The van der Waals surface area contributed by atoms with Gasteiger partial charge in [0.05, 0.1) is 39.1 Å². The number of esters is 4. The fraction of sp³-hybridized carbons (Fsp3) is 0.217. The molecule has 0 radical (unpaired) electrons. The topological polar surface area (TPSA) is 206 Å². The standard InChI is InChI=1S/C46H42O16/c1-4-40(47)55-20-6-8-22-57-45(52)60-35-16-14-29-24-33(12-10-31(29)26-35)42(49)59-37-18-19-39(38(28-37)44(51)54-3)62-43(50)34-13-11-32-27-36(17-15-30(32)25-34)61-46(53)58-23-9-7-21-56-41(48)5-2/h4-5,10-19,24-28,43,50H,1-2,6-9,20-23H2,3H3. The molecule has 0 aliphatic rings. The van der Waals surface area contributed by atoms with Gasteiger partial charge < -0.3 is 47.7 Å². The molecule has 322 valence electrons.